The van der Waals surface area contributed by atoms with E-state index in [1.165, 1.54) is 12.1 Å². The van der Waals surface area contributed by atoms with Crippen LogP contribution in [0.1, 0.15) is 5.56 Å². The minimum atomic E-state index is -0.747. The molecule has 7 nitrogen and oxygen atoms in total. The van der Waals surface area contributed by atoms with Crippen molar-refractivity contribution < 1.29 is 15.1 Å². The number of phenolic OH excluding ortho intramolecular Hbond substituents is 2. The largest absolute Gasteiger partial charge is 0.504 e. The van der Waals surface area contributed by atoms with Crippen LogP contribution < -0.4 is 10.9 Å². The van der Waals surface area contributed by atoms with E-state index in [2.05, 4.69) is 10.9 Å². The summed E-state index contributed by atoms with van der Waals surface area (Å²) in [5, 5.41) is 29.5. The lowest BCUT2D eigenvalue weighted by molar-refractivity contribution is -0.386. The van der Waals surface area contributed by atoms with Gasteiger partial charge in [0.25, 0.3) is 0 Å². The fourth-order valence-electron chi connectivity index (χ4n) is 1.67. The van der Waals surface area contributed by atoms with Crippen LogP contribution in [0.5, 0.6) is 11.5 Å². The van der Waals surface area contributed by atoms with Gasteiger partial charge in [-0.15, -0.1) is 0 Å². The van der Waals surface area contributed by atoms with Gasteiger partial charge >= 0.3 is 5.69 Å². The van der Waals surface area contributed by atoms with Gasteiger partial charge in [0.2, 0.25) is 5.75 Å². The summed E-state index contributed by atoms with van der Waals surface area (Å²) >= 11 is 0. The summed E-state index contributed by atoms with van der Waals surface area (Å²) in [5.41, 5.74) is 6.56. The van der Waals surface area contributed by atoms with Gasteiger partial charge in [0.1, 0.15) is 0 Å². The van der Waals surface area contributed by atoms with E-state index in [9.17, 15) is 20.3 Å². The molecule has 0 fully saturated rings. The second-order valence-electron chi connectivity index (χ2n) is 4.08. The number of anilines is 1. The molecule has 0 aliphatic heterocycles. The Morgan fingerprint density at radius 2 is 1.85 bits per heavy atom. The number of nitrogens with zero attached hydrogens (tertiary/aromatic N) is 1. The summed E-state index contributed by atoms with van der Waals surface area (Å²) in [5.74, 6) is -1.24. The van der Waals surface area contributed by atoms with Crippen molar-refractivity contribution in [3.05, 3.63) is 58.1 Å². The molecule has 0 heterocycles. The Labute approximate surface area is 114 Å². The lowest BCUT2D eigenvalue weighted by atomic mass is 10.1. The molecule has 20 heavy (non-hydrogen) atoms. The van der Waals surface area contributed by atoms with Crippen molar-refractivity contribution in [1.29, 1.82) is 0 Å². The van der Waals surface area contributed by atoms with Crippen molar-refractivity contribution in [2.75, 3.05) is 5.43 Å². The van der Waals surface area contributed by atoms with Gasteiger partial charge in [-0.25, -0.2) is 5.43 Å². The first kappa shape index (κ1) is 13.6. The van der Waals surface area contributed by atoms with E-state index in [1.807, 2.05) is 30.3 Å². The summed E-state index contributed by atoms with van der Waals surface area (Å²) in [6, 6.07) is 11.8. The number of nitro groups is 1. The standard InChI is InChI=1S/C13H13N3O4/c17-12-7-9(6-11(13(12)18)16(19)20)8-14-15-10-4-2-1-3-5-10/h1-7,14-15,17-18H,8H2. The summed E-state index contributed by atoms with van der Waals surface area (Å²) in [6.45, 7) is 0.240. The SMILES string of the molecule is O=[N+]([O-])c1cc(CNNc2ccccc2)cc(O)c1O. The molecule has 104 valence electrons. The van der Waals surface area contributed by atoms with Crippen LogP contribution in [0.15, 0.2) is 42.5 Å². The van der Waals surface area contributed by atoms with Crippen molar-refractivity contribution in [3.8, 4) is 11.5 Å². The van der Waals surface area contributed by atoms with Gasteiger partial charge in [0.15, 0.2) is 5.75 Å². The van der Waals surface area contributed by atoms with Crippen molar-refractivity contribution >= 4 is 11.4 Å². The third kappa shape index (κ3) is 3.15. The van der Waals surface area contributed by atoms with Crippen molar-refractivity contribution in [3.63, 3.8) is 0 Å². The molecule has 2 aromatic carbocycles. The quantitative estimate of drug-likeness (QED) is 0.378. The normalized spacial score (nSPS) is 10.2. The van der Waals surface area contributed by atoms with Gasteiger partial charge in [-0.05, 0) is 23.8 Å². The van der Waals surface area contributed by atoms with E-state index in [0.717, 1.165) is 5.69 Å². The zero-order valence-electron chi connectivity index (χ0n) is 10.4. The molecule has 0 aliphatic carbocycles. The fourth-order valence-corrected chi connectivity index (χ4v) is 1.67. The molecule has 0 bridgehead atoms. The molecule has 0 saturated heterocycles. The highest BCUT2D eigenvalue weighted by atomic mass is 16.6. The molecule has 0 aromatic heterocycles. The molecule has 0 amide bonds. The monoisotopic (exact) mass is 275 g/mol. The minimum Gasteiger partial charge on any atom is -0.504 e. The van der Waals surface area contributed by atoms with E-state index in [0.29, 0.717) is 5.56 Å². The van der Waals surface area contributed by atoms with Crippen LogP contribution in [0.4, 0.5) is 11.4 Å². The highest BCUT2D eigenvalue weighted by Crippen LogP contribution is 2.35. The molecule has 0 spiro atoms. The second kappa shape index (κ2) is 5.89. The maximum Gasteiger partial charge on any atom is 0.314 e. The number of nitro benzene ring substituents is 1. The highest BCUT2D eigenvalue weighted by molar-refractivity contribution is 5.56. The molecule has 2 rings (SSSR count). The summed E-state index contributed by atoms with van der Waals surface area (Å²) in [6.07, 6.45) is 0. The molecule has 0 atom stereocenters. The predicted molar refractivity (Wildman–Crippen MR) is 73.3 cm³/mol. The van der Waals surface area contributed by atoms with Crippen LogP contribution in [0.2, 0.25) is 0 Å². The molecule has 0 radical (unpaired) electrons. The Hall–Kier alpha value is -2.80. The van der Waals surface area contributed by atoms with Crippen LogP contribution in [-0.4, -0.2) is 15.1 Å². The lowest BCUT2D eigenvalue weighted by Gasteiger charge is -2.09. The molecule has 0 saturated carbocycles. The average Bonchev–Trinajstić information content (AvgIpc) is 2.43. The highest BCUT2D eigenvalue weighted by Gasteiger charge is 2.18. The van der Waals surface area contributed by atoms with E-state index in [1.54, 1.807) is 0 Å². The Bertz CT molecular complexity index is 617. The van der Waals surface area contributed by atoms with Crippen LogP contribution in [0.25, 0.3) is 0 Å². The van der Waals surface area contributed by atoms with Gasteiger partial charge in [0, 0.05) is 18.3 Å². The summed E-state index contributed by atoms with van der Waals surface area (Å²) in [4.78, 5) is 9.97. The maximum absolute atomic E-state index is 10.7. The first-order valence-electron chi connectivity index (χ1n) is 5.81. The van der Waals surface area contributed by atoms with Gasteiger partial charge in [-0.1, -0.05) is 18.2 Å². The summed E-state index contributed by atoms with van der Waals surface area (Å²) in [7, 11) is 0. The fraction of sp³-hybridized carbons (Fsp3) is 0.0769. The zero-order valence-corrected chi connectivity index (χ0v) is 10.4. The van der Waals surface area contributed by atoms with Crippen molar-refractivity contribution in [2.45, 2.75) is 6.54 Å². The first-order valence-corrected chi connectivity index (χ1v) is 5.81. The Morgan fingerprint density at radius 3 is 2.50 bits per heavy atom. The second-order valence-corrected chi connectivity index (χ2v) is 4.08. The Balaban J connectivity index is 2.05. The number of nitrogens with one attached hydrogen (secondary N) is 2. The average molecular weight is 275 g/mol. The van der Waals surface area contributed by atoms with Crippen LogP contribution >= 0.6 is 0 Å². The Kier molecular flexibility index (Phi) is 4.02. The van der Waals surface area contributed by atoms with E-state index >= 15 is 0 Å². The minimum absolute atomic E-state index is 0.240. The van der Waals surface area contributed by atoms with E-state index in [4.69, 9.17) is 0 Å². The number of hydrogen-bond donors (Lipinski definition) is 4. The van der Waals surface area contributed by atoms with Crippen LogP contribution in [0.3, 0.4) is 0 Å². The lowest BCUT2D eigenvalue weighted by Crippen LogP contribution is -2.20. The number of benzene rings is 2. The van der Waals surface area contributed by atoms with Gasteiger partial charge in [-0.3, -0.25) is 10.1 Å². The van der Waals surface area contributed by atoms with Crippen LogP contribution in [-0.2, 0) is 6.54 Å². The smallest absolute Gasteiger partial charge is 0.314 e. The molecule has 4 N–H and O–H groups in total. The van der Waals surface area contributed by atoms with Gasteiger partial charge in [-0.2, -0.15) is 0 Å². The molecular formula is C13H13N3O4. The number of rotatable bonds is 5. The van der Waals surface area contributed by atoms with E-state index in [-0.39, 0.29) is 6.54 Å². The molecule has 7 heteroatoms. The number of aromatic hydroxyl groups is 2. The number of para-hydroxylation sites is 1. The van der Waals surface area contributed by atoms with Gasteiger partial charge < -0.3 is 15.6 Å². The molecule has 0 aliphatic rings. The maximum atomic E-state index is 10.7. The number of phenols is 2. The molecule has 2 aromatic rings. The topological polar surface area (TPSA) is 108 Å². The zero-order chi connectivity index (χ0) is 14.5. The number of hydrazine groups is 1. The Morgan fingerprint density at radius 1 is 1.15 bits per heavy atom. The summed E-state index contributed by atoms with van der Waals surface area (Å²) < 4.78 is 0. The predicted octanol–water partition coefficient (Wildman–Crippen LogP) is 2.12. The van der Waals surface area contributed by atoms with Crippen LogP contribution in [0, 0.1) is 10.1 Å². The van der Waals surface area contributed by atoms with E-state index < -0.39 is 22.1 Å². The number of hydrogen-bond acceptors (Lipinski definition) is 6. The third-order valence-electron chi connectivity index (χ3n) is 2.63. The first-order chi connectivity index (χ1) is 9.58. The molecule has 0 unspecified atom stereocenters. The van der Waals surface area contributed by atoms with Gasteiger partial charge in [0.05, 0.1) is 4.92 Å². The van der Waals surface area contributed by atoms with Crippen molar-refractivity contribution in [2.24, 2.45) is 0 Å². The third-order valence-corrected chi connectivity index (χ3v) is 2.63. The van der Waals surface area contributed by atoms with Crippen molar-refractivity contribution in [1.82, 2.24) is 5.43 Å². The molecular weight excluding hydrogens is 262 g/mol.